The maximum Gasteiger partial charge on any atom is 0.0309 e. The summed E-state index contributed by atoms with van der Waals surface area (Å²) in [5, 5.41) is 0. The fraction of sp³-hybridized carbons (Fsp3) is 0.905. The predicted octanol–water partition coefficient (Wildman–Crippen LogP) is 6.01. The van der Waals surface area contributed by atoms with E-state index >= 15 is 0 Å². The molecule has 3 fully saturated rings. The molecule has 1 saturated heterocycles. The minimum Gasteiger partial charge on any atom is -0.375 e. The van der Waals surface area contributed by atoms with Gasteiger partial charge in [0.1, 0.15) is 0 Å². The van der Waals surface area contributed by atoms with E-state index in [0.717, 1.165) is 29.7 Å². The Bertz CT molecular complexity index is 373. The summed E-state index contributed by atoms with van der Waals surface area (Å²) < 4.78 is 0. The van der Waals surface area contributed by atoms with Gasteiger partial charge in [-0.2, -0.15) is 0 Å². The molecule has 3 aliphatic rings. The van der Waals surface area contributed by atoms with Gasteiger partial charge >= 0.3 is 0 Å². The van der Waals surface area contributed by atoms with Gasteiger partial charge in [-0.1, -0.05) is 45.6 Å². The molecule has 0 radical (unpaired) electrons. The second-order valence-corrected chi connectivity index (χ2v) is 8.39. The van der Waals surface area contributed by atoms with Crippen LogP contribution in [0, 0.1) is 23.7 Å². The van der Waals surface area contributed by atoms with Crippen molar-refractivity contribution in [2.24, 2.45) is 23.7 Å². The van der Waals surface area contributed by atoms with Crippen LogP contribution < -0.4 is 0 Å². The molecule has 1 nitrogen and oxygen atoms in total. The first-order valence-electron chi connectivity index (χ1n) is 10.1. The topological polar surface area (TPSA) is 3.24 Å². The Morgan fingerprint density at radius 3 is 2.45 bits per heavy atom. The van der Waals surface area contributed by atoms with E-state index in [2.05, 4.69) is 31.9 Å². The maximum absolute atomic E-state index is 2.65. The highest BCUT2D eigenvalue weighted by molar-refractivity contribution is 5.07. The molecule has 22 heavy (non-hydrogen) atoms. The molecule has 3 rings (SSSR count). The molecular weight excluding hydrogens is 266 g/mol. The number of rotatable bonds is 5. The molecule has 0 N–H and O–H groups in total. The van der Waals surface area contributed by atoms with Gasteiger partial charge < -0.3 is 4.90 Å². The van der Waals surface area contributed by atoms with Crippen LogP contribution in [0.15, 0.2) is 11.8 Å². The van der Waals surface area contributed by atoms with E-state index in [4.69, 9.17) is 0 Å². The smallest absolute Gasteiger partial charge is 0.0309 e. The van der Waals surface area contributed by atoms with E-state index in [1.54, 1.807) is 31.4 Å². The first-order valence-corrected chi connectivity index (χ1v) is 10.1. The predicted molar refractivity (Wildman–Crippen MR) is 95.7 cm³/mol. The minimum atomic E-state index is 0.803. The molecule has 4 atom stereocenters. The second kappa shape index (κ2) is 7.41. The van der Waals surface area contributed by atoms with Crippen molar-refractivity contribution in [2.45, 2.75) is 90.5 Å². The lowest BCUT2D eigenvalue weighted by Crippen LogP contribution is -2.41. The summed E-state index contributed by atoms with van der Waals surface area (Å²) in [7, 11) is 2.37. The monoisotopic (exact) mass is 303 g/mol. The van der Waals surface area contributed by atoms with Crippen molar-refractivity contribution in [3.8, 4) is 0 Å². The van der Waals surface area contributed by atoms with Gasteiger partial charge in [0.25, 0.3) is 0 Å². The zero-order valence-corrected chi connectivity index (χ0v) is 15.2. The Morgan fingerprint density at radius 1 is 1.09 bits per heavy atom. The van der Waals surface area contributed by atoms with Gasteiger partial charge in [-0.05, 0) is 68.6 Å². The minimum absolute atomic E-state index is 0.803. The molecule has 0 aromatic heterocycles. The van der Waals surface area contributed by atoms with Crippen molar-refractivity contribution in [2.75, 3.05) is 7.05 Å². The summed E-state index contributed by atoms with van der Waals surface area (Å²) >= 11 is 0. The standard InChI is InChI=1S/C21H37N/c1-4-6-10-20-12-11-19(21(5-2)22(20)3)15-16-13-17-8-7-9-18(17)14-16/h10,16-19,21H,4-9,11-15H2,1-3H3/b20-10+. The second-order valence-electron chi connectivity index (χ2n) is 8.39. The molecule has 0 spiro atoms. The highest BCUT2D eigenvalue weighted by Crippen LogP contribution is 2.49. The lowest BCUT2D eigenvalue weighted by atomic mass is 9.79. The highest BCUT2D eigenvalue weighted by Gasteiger charge is 2.39. The number of unbranched alkanes of at least 4 members (excludes halogenated alkanes) is 1. The molecule has 0 amide bonds. The van der Waals surface area contributed by atoms with E-state index in [-0.39, 0.29) is 0 Å². The van der Waals surface area contributed by atoms with Crippen molar-refractivity contribution < 1.29 is 0 Å². The van der Waals surface area contributed by atoms with Gasteiger partial charge in [0.15, 0.2) is 0 Å². The van der Waals surface area contributed by atoms with Gasteiger partial charge in [-0.3, -0.25) is 0 Å². The lowest BCUT2D eigenvalue weighted by Gasteiger charge is -2.43. The third-order valence-electron chi connectivity index (χ3n) is 7.08. The van der Waals surface area contributed by atoms with Crippen LogP contribution in [0.4, 0.5) is 0 Å². The van der Waals surface area contributed by atoms with Gasteiger partial charge in [-0.25, -0.2) is 0 Å². The van der Waals surface area contributed by atoms with Crippen molar-refractivity contribution in [3.63, 3.8) is 0 Å². The van der Waals surface area contributed by atoms with Crippen LogP contribution in [0.25, 0.3) is 0 Å². The van der Waals surface area contributed by atoms with Crippen LogP contribution in [0.5, 0.6) is 0 Å². The first kappa shape index (κ1) is 16.4. The summed E-state index contributed by atoms with van der Waals surface area (Å²) in [6, 6.07) is 0.803. The highest BCUT2D eigenvalue weighted by atomic mass is 15.2. The summed E-state index contributed by atoms with van der Waals surface area (Å²) in [6.45, 7) is 4.69. The van der Waals surface area contributed by atoms with Gasteiger partial charge in [0, 0.05) is 18.8 Å². The number of piperidine rings is 1. The van der Waals surface area contributed by atoms with Gasteiger partial charge in [0.2, 0.25) is 0 Å². The molecule has 126 valence electrons. The molecule has 0 aromatic rings. The Hall–Kier alpha value is -0.460. The number of nitrogens with zero attached hydrogens (tertiary/aromatic N) is 1. The Morgan fingerprint density at radius 2 is 1.82 bits per heavy atom. The first-order chi connectivity index (χ1) is 10.7. The number of fused-ring (bicyclic) bond motifs is 1. The lowest BCUT2D eigenvalue weighted by molar-refractivity contribution is 0.134. The number of hydrogen-bond donors (Lipinski definition) is 0. The van der Waals surface area contributed by atoms with E-state index in [0.29, 0.717) is 0 Å². The maximum atomic E-state index is 2.65. The molecule has 1 aliphatic heterocycles. The third kappa shape index (κ3) is 3.39. The van der Waals surface area contributed by atoms with Crippen LogP contribution in [0.2, 0.25) is 0 Å². The van der Waals surface area contributed by atoms with Crippen molar-refractivity contribution in [1.29, 1.82) is 0 Å². The van der Waals surface area contributed by atoms with Crippen LogP contribution in [-0.2, 0) is 0 Å². The fourth-order valence-electron chi connectivity index (χ4n) is 5.98. The average Bonchev–Trinajstić information content (AvgIpc) is 3.08. The Kier molecular flexibility index (Phi) is 5.52. The zero-order valence-electron chi connectivity index (χ0n) is 15.2. The van der Waals surface area contributed by atoms with E-state index in [1.807, 2.05) is 0 Å². The average molecular weight is 304 g/mol. The van der Waals surface area contributed by atoms with Crippen LogP contribution in [-0.4, -0.2) is 18.0 Å². The fourth-order valence-corrected chi connectivity index (χ4v) is 5.98. The summed E-state index contributed by atoms with van der Waals surface area (Å²) in [5.41, 5.74) is 1.63. The SMILES string of the molecule is CCC/C=C1\CCC(CC2CC3CCCC3C2)C(CC)N1C. The summed E-state index contributed by atoms with van der Waals surface area (Å²) in [4.78, 5) is 2.65. The molecule has 4 unspecified atom stereocenters. The number of likely N-dealkylation sites (tertiary alicyclic amines) is 1. The molecule has 1 heteroatoms. The zero-order chi connectivity index (χ0) is 15.5. The quantitative estimate of drug-likeness (QED) is 0.601. The van der Waals surface area contributed by atoms with Crippen LogP contribution in [0.1, 0.15) is 84.5 Å². The molecule has 2 aliphatic carbocycles. The number of hydrogen-bond acceptors (Lipinski definition) is 1. The summed E-state index contributed by atoms with van der Waals surface area (Å²) in [6.07, 6.45) is 18.4. The number of allylic oxidation sites excluding steroid dienone is 2. The molecular formula is C21H37N. The van der Waals surface area contributed by atoms with Crippen molar-refractivity contribution >= 4 is 0 Å². The molecule has 2 saturated carbocycles. The Balaban J connectivity index is 1.57. The summed E-state index contributed by atoms with van der Waals surface area (Å²) in [5.74, 6) is 4.25. The van der Waals surface area contributed by atoms with Gasteiger partial charge in [-0.15, -0.1) is 0 Å². The molecule has 0 bridgehead atoms. The molecule has 1 heterocycles. The van der Waals surface area contributed by atoms with Gasteiger partial charge in [0.05, 0.1) is 0 Å². The molecule has 0 aromatic carbocycles. The van der Waals surface area contributed by atoms with E-state index in [9.17, 15) is 0 Å². The Labute approximate surface area is 138 Å². The normalized spacial score (nSPS) is 40.4. The van der Waals surface area contributed by atoms with Crippen molar-refractivity contribution in [3.05, 3.63) is 11.8 Å². The largest absolute Gasteiger partial charge is 0.375 e. The van der Waals surface area contributed by atoms with Crippen molar-refractivity contribution in [1.82, 2.24) is 4.90 Å². The van der Waals surface area contributed by atoms with Crippen LogP contribution in [0.3, 0.4) is 0 Å². The van der Waals surface area contributed by atoms with E-state index < -0.39 is 0 Å². The third-order valence-corrected chi connectivity index (χ3v) is 7.08. The van der Waals surface area contributed by atoms with Crippen LogP contribution >= 0.6 is 0 Å². The van der Waals surface area contributed by atoms with E-state index in [1.165, 1.54) is 44.9 Å².